The van der Waals surface area contributed by atoms with Crippen molar-refractivity contribution in [3.63, 3.8) is 0 Å². The second-order valence-electron chi connectivity index (χ2n) is 11.7. The van der Waals surface area contributed by atoms with Crippen LogP contribution in [0.3, 0.4) is 0 Å². The van der Waals surface area contributed by atoms with Crippen LogP contribution in [-0.4, -0.2) is 66.9 Å². The zero-order valence-electron chi connectivity index (χ0n) is 26.2. The van der Waals surface area contributed by atoms with Gasteiger partial charge in [0.15, 0.2) is 5.78 Å². The molecule has 5 rings (SSSR count). The molecule has 0 atom stereocenters. The van der Waals surface area contributed by atoms with Gasteiger partial charge in [-0.1, -0.05) is 0 Å². The number of hydrogen-bond donors (Lipinski definition) is 8. The molecule has 0 aromatic carbocycles. The Hall–Kier alpha value is -5.36. The van der Waals surface area contributed by atoms with Gasteiger partial charge in [0.05, 0.1) is 29.7 Å². The number of nitrogens with one attached hydrogen (secondary N) is 5. The molecule has 0 fully saturated rings. The monoisotopic (exact) mass is 626 g/mol. The summed E-state index contributed by atoms with van der Waals surface area (Å²) < 4.78 is 0. The van der Waals surface area contributed by atoms with E-state index >= 15 is 0 Å². The first kappa shape index (κ1) is 32.0. The number of aromatic amines is 4. The highest BCUT2D eigenvalue weighted by molar-refractivity contribution is 6.21. The van der Waals surface area contributed by atoms with Crippen molar-refractivity contribution in [3.05, 3.63) is 89.7 Å². The van der Waals surface area contributed by atoms with Crippen molar-refractivity contribution in [1.82, 2.24) is 25.3 Å². The molecule has 0 aliphatic carbocycles. The van der Waals surface area contributed by atoms with Crippen LogP contribution in [0.5, 0.6) is 0 Å². The van der Waals surface area contributed by atoms with E-state index in [9.17, 15) is 29.4 Å². The first-order valence-corrected chi connectivity index (χ1v) is 15.0. The molecule has 12 heteroatoms. The first-order valence-electron chi connectivity index (χ1n) is 15.0. The number of Topliss-reactive ketones (excluding diaryl/α,β-unsaturated/α-hetero) is 1. The number of rotatable bonds is 10. The maximum Gasteiger partial charge on any atom is 0.303 e. The summed E-state index contributed by atoms with van der Waals surface area (Å²) in [5.74, 6) is -2.58. The number of aliphatic carboxylic acids is 2. The number of carboxylic acid groups (broad SMARTS) is 2. The Bertz CT molecular complexity index is 2140. The molecule has 0 radical (unpaired) electrons. The lowest BCUT2D eigenvalue weighted by atomic mass is 10.0. The van der Waals surface area contributed by atoms with Crippen molar-refractivity contribution < 1.29 is 29.4 Å². The summed E-state index contributed by atoms with van der Waals surface area (Å²) in [5.41, 5.74) is 13.7. The Kier molecular flexibility index (Phi) is 9.01. The third-order valence-corrected chi connectivity index (χ3v) is 8.48. The summed E-state index contributed by atoms with van der Waals surface area (Å²) in [6, 6.07) is 3.81. The van der Waals surface area contributed by atoms with Crippen LogP contribution >= 0.6 is 0 Å². The summed E-state index contributed by atoms with van der Waals surface area (Å²) in [6.45, 7) is 7.20. The fourth-order valence-electron chi connectivity index (χ4n) is 5.99. The van der Waals surface area contributed by atoms with Gasteiger partial charge in [0.2, 0.25) is 5.91 Å². The molecule has 4 aromatic rings. The number of H-pyrrole nitrogens is 4. The van der Waals surface area contributed by atoms with Crippen LogP contribution in [0.2, 0.25) is 0 Å². The van der Waals surface area contributed by atoms with Gasteiger partial charge in [-0.2, -0.15) is 0 Å². The molecule has 1 aliphatic heterocycles. The van der Waals surface area contributed by atoms with Crippen LogP contribution in [0.4, 0.5) is 0 Å². The van der Waals surface area contributed by atoms with E-state index in [1.165, 1.54) is 0 Å². The number of carboxylic acids is 2. The summed E-state index contributed by atoms with van der Waals surface area (Å²) in [5, 5.41) is 24.3. The van der Waals surface area contributed by atoms with E-state index in [-0.39, 0.29) is 31.7 Å². The number of ketones is 1. The highest BCUT2D eigenvalue weighted by Crippen LogP contribution is 2.22. The van der Waals surface area contributed by atoms with Crippen molar-refractivity contribution in [3.8, 4) is 0 Å². The molecule has 9 N–H and O–H groups in total. The molecule has 240 valence electrons. The average Bonchev–Trinajstić information content (AvgIpc) is 3.70. The summed E-state index contributed by atoms with van der Waals surface area (Å²) in [7, 11) is 0. The maximum atomic E-state index is 13.7. The van der Waals surface area contributed by atoms with E-state index < -0.39 is 17.8 Å². The lowest BCUT2D eigenvalue weighted by molar-refractivity contribution is -0.138. The number of fused-ring (bicyclic) bond motifs is 8. The minimum absolute atomic E-state index is 0.0608. The molecule has 12 nitrogen and oxygen atoms in total. The SMILES string of the molecule is Cc1cc2[nH]c1C=c1[nH]c(c(CCC(=O)O)c1C)=Cc1[nH]c(c(C)c1CCC(=O)O)C=c1cc(C)c([nH]1)=C2C(=O)CNC(=O)CN. The van der Waals surface area contributed by atoms with Gasteiger partial charge in [-0.25, -0.2) is 0 Å². The number of carbonyl (C=O) groups is 4. The molecule has 1 aliphatic rings. The van der Waals surface area contributed by atoms with Crippen molar-refractivity contribution in [1.29, 1.82) is 0 Å². The predicted octanol–water partition coefficient (Wildman–Crippen LogP) is -0.0901. The molecule has 8 bridgehead atoms. The molecule has 0 unspecified atom stereocenters. The fourth-order valence-corrected chi connectivity index (χ4v) is 5.99. The molecular formula is C34H38N6O6. The van der Waals surface area contributed by atoms with Gasteiger partial charge < -0.3 is 41.2 Å². The van der Waals surface area contributed by atoms with Crippen LogP contribution in [0.25, 0.3) is 23.8 Å². The number of hydrogen-bond acceptors (Lipinski definition) is 5. The lowest BCUT2D eigenvalue weighted by Crippen LogP contribution is -2.36. The summed E-state index contributed by atoms with van der Waals surface area (Å²) in [4.78, 5) is 62.5. The van der Waals surface area contributed by atoms with Crippen LogP contribution in [0.1, 0.15) is 69.0 Å². The Morgan fingerprint density at radius 1 is 0.739 bits per heavy atom. The van der Waals surface area contributed by atoms with Gasteiger partial charge in [0, 0.05) is 46.0 Å². The highest BCUT2D eigenvalue weighted by Gasteiger charge is 2.20. The third kappa shape index (κ3) is 6.52. The van der Waals surface area contributed by atoms with Gasteiger partial charge in [0.25, 0.3) is 0 Å². The molecule has 0 saturated carbocycles. The van der Waals surface area contributed by atoms with E-state index in [1.807, 2.05) is 58.1 Å². The normalized spacial score (nSPS) is 12.2. The predicted molar refractivity (Wildman–Crippen MR) is 173 cm³/mol. The maximum absolute atomic E-state index is 13.7. The molecule has 1 amide bonds. The van der Waals surface area contributed by atoms with E-state index in [2.05, 4.69) is 25.3 Å². The Morgan fingerprint density at radius 3 is 2.09 bits per heavy atom. The van der Waals surface area contributed by atoms with E-state index in [1.54, 1.807) is 0 Å². The molecule has 5 heterocycles. The number of amides is 1. The van der Waals surface area contributed by atoms with Crippen LogP contribution < -0.4 is 32.4 Å². The Balaban J connectivity index is 1.85. The molecule has 4 aromatic heterocycles. The second-order valence-corrected chi connectivity index (χ2v) is 11.7. The standard InChI is InChI=1S/C34H38N6O6/c1-16-10-28-33(29(41)15-36-30(42)14-35)34-17(2)9-20(37-34)11-24-18(3)21(5-7-31(43)44)26(39-24)13-27-22(6-8-32(45)46)19(4)25(40-27)12-23(16)38-28/h9-13,37-40H,5-8,14-15,35H2,1-4H3,(H,36,42)(H,43,44)(H,45,46). The van der Waals surface area contributed by atoms with Crippen LogP contribution in [-0.2, 0) is 32.0 Å². The van der Waals surface area contributed by atoms with E-state index in [0.29, 0.717) is 34.8 Å². The van der Waals surface area contributed by atoms with Gasteiger partial charge in [0.1, 0.15) is 0 Å². The summed E-state index contributed by atoms with van der Waals surface area (Å²) in [6.07, 6.45) is 6.23. The number of nitrogens with two attached hydrogens (primary N) is 1. The highest BCUT2D eigenvalue weighted by atomic mass is 16.4. The quantitative estimate of drug-likeness (QED) is 0.120. The van der Waals surface area contributed by atoms with Crippen molar-refractivity contribution in [2.45, 2.75) is 53.4 Å². The molecule has 0 spiro atoms. The first-order chi connectivity index (χ1) is 21.9. The zero-order chi connectivity index (χ0) is 33.3. The molecule has 46 heavy (non-hydrogen) atoms. The van der Waals surface area contributed by atoms with Crippen molar-refractivity contribution in [2.24, 2.45) is 5.73 Å². The minimum atomic E-state index is -0.911. The Morgan fingerprint density at radius 2 is 1.41 bits per heavy atom. The largest absolute Gasteiger partial charge is 0.481 e. The fraction of sp³-hybridized carbons (Fsp3) is 0.294. The van der Waals surface area contributed by atoms with E-state index in [4.69, 9.17) is 5.73 Å². The number of carbonyl (C=O) groups excluding carboxylic acids is 2. The minimum Gasteiger partial charge on any atom is -0.481 e. The smallest absolute Gasteiger partial charge is 0.303 e. The lowest BCUT2D eigenvalue weighted by Gasteiger charge is -2.07. The number of aromatic nitrogens is 4. The topological polar surface area (TPSA) is 210 Å². The van der Waals surface area contributed by atoms with Crippen molar-refractivity contribution >= 4 is 47.4 Å². The van der Waals surface area contributed by atoms with Gasteiger partial charge in [-0.05, 0) is 104 Å². The Labute approximate surface area is 263 Å². The number of aryl methyl sites for hydroxylation is 2. The van der Waals surface area contributed by atoms with Crippen molar-refractivity contribution in [2.75, 3.05) is 13.1 Å². The van der Waals surface area contributed by atoms with Gasteiger partial charge >= 0.3 is 11.9 Å². The van der Waals surface area contributed by atoms with Gasteiger partial charge in [-0.3, -0.25) is 19.2 Å². The van der Waals surface area contributed by atoms with Crippen LogP contribution in [0, 0.1) is 27.7 Å². The van der Waals surface area contributed by atoms with E-state index in [0.717, 1.165) is 61.2 Å². The van der Waals surface area contributed by atoms with Crippen LogP contribution in [0.15, 0.2) is 12.1 Å². The zero-order valence-corrected chi connectivity index (χ0v) is 26.2. The second kappa shape index (κ2) is 12.9. The van der Waals surface area contributed by atoms with Gasteiger partial charge in [-0.15, -0.1) is 0 Å². The molecule has 0 saturated heterocycles. The molecular weight excluding hydrogens is 588 g/mol. The summed E-state index contributed by atoms with van der Waals surface area (Å²) >= 11 is 0. The average molecular weight is 627 g/mol. The third-order valence-electron chi connectivity index (χ3n) is 8.48.